The molecule has 1 aromatic rings. The van der Waals surface area contributed by atoms with Gasteiger partial charge in [-0.2, -0.15) is 0 Å². The average molecular weight is 339 g/mol. The number of aliphatic carboxylic acids is 1. The van der Waals surface area contributed by atoms with Crippen LogP contribution in [-0.4, -0.2) is 30.2 Å². The van der Waals surface area contributed by atoms with Gasteiger partial charge in [0.25, 0.3) is 0 Å². The van der Waals surface area contributed by atoms with Crippen LogP contribution in [0.3, 0.4) is 0 Å². The van der Waals surface area contributed by atoms with Crippen molar-refractivity contribution in [1.82, 2.24) is 5.32 Å². The molecule has 1 heterocycles. The van der Waals surface area contributed by atoms with Gasteiger partial charge in [-0.25, -0.2) is 4.79 Å². The molecule has 1 atom stereocenters. The molecule has 2 rings (SSSR count). The number of hydrogen-bond donors (Lipinski definition) is 2. The number of amides is 2. The number of rotatable bonds is 3. The summed E-state index contributed by atoms with van der Waals surface area (Å²) >= 11 is 3.18. The van der Waals surface area contributed by atoms with Crippen LogP contribution in [-0.2, 0) is 4.79 Å². The van der Waals surface area contributed by atoms with E-state index >= 15 is 0 Å². The second-order valence-corrected chi connectivity index (χ2v) is 5.69. The van der Waals surface area contributed by atoms with Gasteiger partial charge in [-0.3, -0.25) is 9.69 Å². The summed E-state index contributed by atoms with van der Waals surface area (Å²) in [5.41, 5.74) is 1.34. The molecule has 0 spiro atoms. The first-order valence-corrected chi connectivity index (χ1v) is 7.00. The number of carbonyl (C=O) groups excluding carboxylic acids is 1. The molecule has 0 saturated heterocycles. The van der Waals surface area contributed by atoms with E-state index < -0.39 is 11.9 Å². The van der Waals surface area contributed by atoms with Crippen LogP contribution >= 0.6 is 15.9 Å². The minimum atomic E-state index is -0.855. The molecule has 5 nitrogen and oxygen atoms in total. The van der Waals surface area contributed by atoms with E-state index in [1.165, 1.54) is 0 Å². The number of carbonyl (C=O) groups is 2. The molecule has 0 bridgehead atoms. The Bertz CT molecular complexity index is 559. The van der Waals surface area contributed by atoms with E-state index in [1.807, 2.05) is 0 Å². The SMILES string of the molecule is C=C(Br)CNC(=O)N1CCC(C(=O)O)c2ccccc21. The number of hydrogen-bond acceptors (Lipinski definition) is 2. The number of nitrogens with one attached hydrogen (secondary N) is 1. The van der Waals surface area contributed by atoms with Crippen molar-refractivity contribution in [3.8, 4) is 0 Å². The molecule has 106 valence electrons. The van der Waals surface area contributed by atoms with Gasteiger partial charge in [0.15, 0.2) is 0 Å². The lowest BCUT2D eigenvalue weighted by Gasteiger charge is -2.32. The van der Waals surface area contributed by atoms with Crippen LogP contribution in [0.5, 0.6) is 0 Å². The lowest BCUT2D eigenvalue weighted by Crippen LogP contribution is -2.44. The fraction of sp³-hybridized carbons (Fsp3) is 0.286. The molecule has 0 fully saturated rings. The highest BCUT2D eigenvalue weighted by Gasteiger charge is 2.32. The molecule has 1 aliphatic heterocycles. The van der Waals surface area contributed by atoms with Gasteiger partial charge in [-0.1, -0.05) is 40.7 Å². The Morgan fingerprint density at radius 2 is 2.15 bits per heavy atom. The van der Waals surface area contributed by atoms with Gasteiger partial charge in [0.2, 0.25) is 0 Å². The monoisotopic (exact) mass is 338 g/mol. The van der Waals surface area contributed by atoms with Gasteiger partial charge < -0.3 is 10.4 Å². The van der Waals surface area contributed by atoms with E-state index in [9.17, 15) is 14.7 Å². The van der Waals surface area contributed by atoms with E-state index in [0.717, 1.165) is 0 Å². The van der Waals surface area contributed by atoms with Crippen LogP contribution in [0.15, 0.2) is 35.3 Å². The van der Waals surface area contributed by atoms with Crippen molar-refractivity contribution >= 4 is 33.6 Å². The molecule has 20 heavy (non-hydrogen) atoms. The van der Waals surface area contributed by atoms with Crippen LogP contribution in [0.2, 0.25) is 0 Å². The smallest absolute Gasteiger partial charge is 0.322 e. The van der Waals surface area contributed by atoms with Crippen LogP contribution in [0, 0.1) is 0 Å². The summed E-state index contributed by atoms with van der Waals surface area (Å²) in [5, 5.41) is 12.0. The van der Waals surface area contributed by atoms with Crippen molar-refractivity contribution in [2.75, 3.05) is 18.0 Å². The first-order chi connectivity index (χ1) is 9.50. The quantitative estimate of drug-likeness (QED) is 0.890. The number of anilines is 1. The summed E-state index contributed by atoms with van der Waals surface area (Å²) in [6.07, 6.45) is 0.412. The molecular formula is C14H15BrN2O3. The van der Waals surface area contributed by atoms with Crippen LogP contribution in [0.4, 0.5) is 10.5 Å². The molecule has 2 amide bonds. The maximum Gasteiger partial charge on any atom is 0.322 e. The largest absolute Gasteiger partial charge is 0.481 e. The van der Waals surface area contributed by atoms with Crippen molar-refractivity contribution in [3.63, 3.8) is 0 Å². The van der Waals surface area contributed by atoms with Crippen LogP contribution < -0.4 is 10.2 Å². The topological polar surface area (TPSA) is 69.6 Å². The van der Waals surface area contributed by atoms with Gasteiger partial charge in [-0.05, 0) is 18.1 Å². The molecule has 0 saturated carbocycles. The molecule has 0 radical (unpaired) electrons. The fourth-order valence-corrected chi connectivity index (χ4v) is 2.44. The minimum Gasteiger partial charge on any atom is -0.481 e. The first-order valence-electron chi connectivity index (χ1n) is 6.21. The molecule has 1 aliphatic rings. The van der Waals surface area contributed by atoms with Gasteiger partial charge >= 0.3 is 12.0 Å². The molecule has 6 heteroatoms. The number of halogens is 1. The van der Waals surface area contributed by atoms with Gasteiger partial charge in [0.05, 0.1) is 12.5 Å². The highest BCUT2D eigenvalue weighted by Crippen LogP contribution is 2.35. The third-order valence-corrected chi connectivity index (χ3v) is 3.50. The number of fused-ring (bicyclic) bond motifs is 1. The lowest BCUT2D eigenvalue weighted by molar-refractivity contribution is -0.139. The first kappa shape index (κ1) is 14.6. The van der Waals surface area contributed by atoms with Crippen molar-refractivity contribution in [1.29, 1.82) is 0 Å². The number of carboxylic acids is 1. The van der Waals surface area contributed by atoms with Crippen molar-refractivity contribution in [2.24, 2.45) is 0 Å². The Morgan fingerprint density at radius 3 is 2.80 bits per heavy atom. The Labute approximate surface area is 125 Å². The number of benzene rings is 1. The summed E-state index contributed by atoms with van der Waals surface area (Å²) < 4.78 is 0.680. The molecule has 1 aromatic carbocycles. The predicted molar refractivity (Wildman–Crippen MR) is 80.2 cm³/mol. The van der Waals surface area contributed by atoms with Gasteiger partial charge in [0.1, 0.15) is 0 Å². The zero-order valence-electron chi connectivity index (χ0n) is 10.8. The van der Waals surface area contributed by atoms with Crippen LogP contribution in [0.1, 0.15) is 17.9 Å². The van der Waals surface area contributed by atoms with E-state index in [1.54, 1.807) is 29.2 Å². The fourth-order valence-electron chi connectivity index (χ4n) is 2.30. The van der Waals surface area contributed by atoms with E-state index in [4.69, 9.17) is 0 Å². The van der Waals surface area contributed by atoms with E-state index in [-0.39, 0.29) is 6.03 Å². The minimum absolute atomic E-state index is 0.248. The van der Waals surface area contributed by atoms with E-state index in [0.29, 0.717) is 35.2 Å². The Morgan fingerprint density at radius 1 is 1.45 bits per heavy atom. The van der Waals surface area contributed by atoms with Gasteiger partial charge in [0, 0.05) is 16.7 Å². The highest BCUT2D eigenvalue weighted by atomic mass is 79.9. The zero-order chi connectivity index (χ0) is 14.7. The zero-order valence-corrected chi connectivity index (χ0v) is 12.4. The third kappa shape index (κ3) is 3.01. The molecule has 0 aromatic heterocycles. The number of urea groups is 1. The van der Waals surface area contributed by atoms with Crippen molar-refractivity contribution in [3.05, 3.63) is 40.9 Å². The third-order valence-electron chi connectivity index (χ3n) is 3.22. The average Bonchev–Trinajstić information content (AvgIpc) is 2.43. The second-order valence-electron chi connectivity index (χ2n) is 4.57. The van der Waals surface area contributed by atoms with Crippen molar-refractivity contribution < 1.29 is 14.7 Å². The summed E-state index contributed by atoms with van der Waals surface area (Å²) in [5.74, 6) is -1.41. The Kier molecular flexibility index (Phi) is 4.44. The highest BCUT2D eigenvalue weighted by molar-refractivity contribution is 9.11. The number of carboxylic acid groups (broad SMARTS) is 1. The second kappa shape index (κ2) is 6.09. The number of para-hydroxylation sites is 1. The summed E-state index contributed by atoms with van der Waals surface area (Å²) in [4.78, 5) is 25.0. The molecular weight excluding hydrogens is 324 g/mol. The standard InChI is InChI=1S/C14H15BrN2O3/c1-9(15)8-16-14(20)17-7-6-11(13(18)19)10-4-2-3-5-12(10)17/h2-5,11H,1,6-8H2,(H,16,20)(H,18,19). The molecule has 2 N–H and O–H groups in total. The Hall–Kier alpha value is -1.82. The molecule has 1 unspecified atom stereocenters. The summed E-state index contributed by atoms with van der Waals surface area (Å²) in [6.45, 7) is 4.37. The number of nitrogens with zero attached hydrogens (tertiary/aromatic N) is 1. The normalized spacial score (nSPS) is 17.2. The maximum atomic E-state index is 12.1. The predicted octanol–water partition coefficient (Wildman–Crippen LogP) is 2.68. The summed E-state index contributed by atoms with van der Waals surface area (Å²) in [6, 6.07) is 6.87. The Balaban J connectivity index is 2.25. The summed E-state index contributed by atoms with van der Waals surface area (Å²) in [7, 11) is 0. The van der Waals surface area contributed by atoms with E-state index in [2.05, 4.69) is 27.8 Å². The van der Waals surface area contributed by atoms with Crippen LogP contribution in [0.25, 0.3) is 0 Å². The lowest BCUT2D eigenvalue weighted by atomic mass is 9.90. The van der Waals surface area contributed by atoms with Gasteiger partial charge in [-0.15, -0.1) is 0 Å². The maximum absolute atomic E-state index is 12.1. The molecule has 0 aliphatic carbocycles. The van der Waals surface area contributed by atoms with Crippen molar-refractivity contribution in [2.45, 2.75) is 12.3 Å².